The molecular formula is C12H13FO6. The Labute approximate surface area is 108 Å². The molecule has 0 heterocycles. The topological polar surface area (TPSA) is 104 Å². The van der Waals surface area contributed by atoms with Crippen molar-refractivity contribution in [3.8, 4) is 0 Å². The average molecular weight is 272 g/mol. The van der Waals surface area contributed by atoms with Gasteiger partial charge >= 0.3 is 11.9 Å². The summed E-state index contributed by atoms with van der Waals surface area (Å²) in [5.74, 6) is -3.00. The number of benzene rings is 1. The van der Waals surface area contributed by atoms with Crippen molar-refractivity contribution in [1.29, 1.82) is 0 Å². The van der Waals surface area contributed by atoms with Crippen LogP contribution >= 0.6 is 0 Å². The second-order valence-corrected chi connectivity index (χ2v) is 3.84. The van der Waals surface area contributed by atoms with Gasteiger partial charge in [0, 0.05) is 5.56 Å². The van der Waals surface area contributed by atoms with Crippen LogP contribution in [0, 0.1) is 5.82 Å². The van der Waals surface area contributed by atoms with Gasteiger partial charge in [0.15, 0.2) is 0 Å². The molecule has 104 valence electrons. The smallest absolute Gasteiger partial charge is 0.337 e. The minimum absolute atomic E-state index is 0.0522. The highest BCUT2D eigenvalue weighted by Crippen LogP contribution is 2.23. The quantitative estimate of drug-likeness (QED) is 0.673. The molecule has 1 aromatic rings. The van der Waals surface area contributed by atoms with Crippen molar-refractivity contribution < 1.29 is 34.0 Å². The lowest BCUT2D eigenvalue weighted by Crippen LogP contribution is -2.22. The summed E-state index contributed by atoms with van der Waals surface area (Å²) in [6.45, 7) is 0. The van der Waals surface area contributed by atoms with Gasteiger partial charge in [0.2, 0.25) is 0 Å². The molecule has 2 unspecified atom stereocenters. The molecule has 0 radical (unpaired) electrons. The van der Waals surface area contributed by atoms with E-state index in [0.717, 1.165) is 19.2 Å². The summed E-state index contributed by atoms with van der Waals surface area (Å²) in [7, 11) is 1.14. The number of halogens is 1. The van der Waals surface area contributed by atoms with E-state index in [1.54, 1.807) is 0 Å². The number of carbonyl (C=O) groups is 2. The van der Waals surface area contributed by atoms with E-state index in [1.165, 1.54) is 6.07 Å². The zero-order valence-electron chi connectivity index (χ0n) is 10.0. The highest BCUT2D eigenvalue weighted by atomic mass is 19.1. The molecule has 3 N–H and O–H groups in total. The highest BCUT2D eigenvalue weighted by Gasteiger charge is 2.24. The van der Waals surface area contributed by atoms with Gasteiger partial charge in [0.25, 0.3) is 0 Å². The number of aliphatic carboxylic acids is 1. The maximum absolute atomic E-state index is 13.7. The van der Waals surface area contributed by atoms with E-state index in [1.807, 2.05) is 0 Å². The number of carbonyl (C=O) groups excluding carboxylic acids is 1. The van der Waals surface area contributed by atoms with E-state index < -0.39 is 36.4 Å². The van der Waals surface area contributed by atoms with Gasteiger partial charge in [-0.1, -0.05) is 6.07 Å². The number of esters is 1. The van der Waals surface area contributed by atoms with Crippen molar-refractivity contribution in [2.24, 2.45) is 0 Å². The molecule has 7 heteroatoms. The molecule has 1 rings (SSSR count). The summed E-state index contributed by atoms with van der Waals surface area (Å²) in [6.07, 6.45) is -4.06. The SMILES string of the molecule is COC(=O)c1ccc(C(O)C(O)CC(=O)O)c(F)c1. The van der Waals surface area contributed by atoms with Crippen LogP contribution in [0.15, 0.2) is 18.2 Å². The lowest BCUT2D eigenvalue weighted by atomic mass is 10.00. The fourth-order valence-corrected chi connectivity index (χ4v) is 1.51. The first kappa shape index (κ1) is 15.1. The lowest BCUT2D eigenvalue weighted by molar-refractivity contribution is -0.141. The molecule has 0 spiro atoms. The minimum Gasteiger partial charge on any atom is -0.481 e. The van der Waals surface area contributed by atoms with Crippen LogP contribution in [-0.4, -0.2) is 40.5 Å². The number of aliphatic hydroxyl groups is 2. The van der Waals surface area contributed by atoms with E-state index in [0.29, 0.717) is 0 Å². The van der Waals surface area contributed by atoms with Crippen LogP contribution in [0.1, 0.15) is 28.4 Å². The number of carboxylic acids is 1. The Morgan fingerprint density at radius 2 is 2.00 bits per heavy atom. The predicted molar refractivity (Wildman–Crippen MR) is 61.0 cm³/mol. The summed E-state index contributed by atoms with van der Waals surface area (Å²) in [5, 5.41) is 27.5. The molecule has 0 aromatic heterocycles. The second kappa shape index (κ2) is 6.26. The molecule has 1 aromatic carbocycles. The van der Waals surface area contributed by atoms with E-state index in [-0.39, 0.29) is 11.1 Å². The Morgan fingerprint density at radius 3 is 2.47 bits per heavy atom. The first-order valence-corrected chi connectivity index (χ1v) is 5.32. The number of methoxy groups -OCH3 is 1. The number of ether oxygens (including phenoxy) is 1. The number of hydrogen-bond donors (Lipinski definition) is 3. The molecule has 0 aliphatic heterocycles. The Hall–Kier alpha value is -1.99. The molecule has 0 aliphatic carbocycles. The van der Waals surface area contributed by atoms with Crippen LogP contribution in [0.5, 0.6) is 0 Å². The van der Waals surface area contributed by atoms with Gasteiger partial charge in [-0.2, -0.15) is 0 Å². The number of rotatable bonds is 5. The Balaban J connectivity index is 2.95. The molecule has 0 saturated heterocycles. The number of carboxylic acid groups (broad SMARTS) is 1. The van der Waals surface area contributed by atoms with Crippen molar-refractivity contribution in [1.82, 2.24) is 0 Å². The van der Waals surface area contributed by atoms with Crippen molar-refractivity contribution in [2.45, 2.75) is 18.6 Å². The molecule has 0 bridgehead atoms. The van der Waals surface area contributed by atoms with Crippen LogP contribution in [0.3, 0.4) is 0 Å². The van der Waals surface area contributed by atoms with E-state index >= 15 is 0 Å². The third kappa shape index (κ3) is 3.73. The molecule has 0 aliphatic rings. The predicted octanol–water partition coefficient (Wildman–Crippen LogP) is 0.481. The molecule has 0 saturated carbocycles. The van der Waals surface area contributed by atoms with E-state index in [9.17, 15) is 24.2 Å². The number of aliphatic hydroxyl groups excluding tert-OH is 2. The van der Waals surface area contributed by atoms with E-state index in [2.05, 4.69) is 4.74 Å². The fraction of sp³-hybridized carbons (Fsp3) is 0.333. The van der Waals surface area contributed by atoms with Gasteiger partial charge in [-0.05, 0) is 12.1 Å². The van der Waals surface area contributed by atoms with Crippen molar-refractivity contribution >= 4 is 11.9 Å². The molecule has 19 heavy (non-hydrogen) atoms. The van der Waals surface area contributed by atoms with Crippen molar-refractivity contribution in [2.75, 3.05) is 7.11 Å². The molecule has 0 fully saturated rings. The van der Waals surface area contributed by atoms with Gasteiger partial charge in [0.1, 0.15) is 11.9 Å². The third-order valence-corrected chi connectivity index (χ3v) is 2.49. The van der Waals surface area contributed by atoms with Crippen molar-refractivity contribution in [3.05, 3.63) is 35.1 Å². The zero-order chi connectivity index (χ0) is 14.6. The summed E-state index contributed by atoms with van der Waals surface area (Å²) < 4.78 is 18.1. The maximum Gasteiger partial charge on any atom is 0.337 e. The Kier molecular flexibility index (Phi) is 4.96. The first-order chi connectivity index (χ1) is 8.86. The van der Waals surface area contributed by atoms with Gasteiger partial charge in [-0.25, -0.2) is 9.18 Å². The summed E-state index contributed by atoms with van der Waals surface area (Å²) in [6, 6.07) is 3.15. The fourth-order valence-electron chi connectivity index (χ4n) is 1.51. The summed E-state index contributed by atoms with van der Waals surface area (Å²) in [5.41, 5.74) is -0.343. The maximum atomic E-state index is 13.7. The average Bonchev–Trinajstić information content (AvgIpc) is 2.36. The van der Waals surface area contributed by atoms with E-state index in [4.69, 9.17) is 5.11 Å². The molecule has 6 nitrogen and oxygen atoms in total. The largest absolute Gasteiger partial charge is 0.481 e. The van der Waals surface area contributed by atoms with Crippen LogP contribution in [-0.2, 0) is 9.53 Å². The van der Waals surface area contributed by atoms with Gasteiger partial charge < -0.3 is 20.1 Å². The monoisotopic (exact) mass is 272 g/mol. The molecule has 2 atom stereocenters. The summed E-state index contributed by atoms with van der Waals surface area (Å²) >= 11 is 0. The lowest BCUT2D eigenvalue weighted by Gasteiger charge is -2.17. The second-order valence-electron chi connectivity index (χ2n) is 3.84. The van der Waals surface area contributed by atoms with Gasteiger partial charge in [0.05, 0.1) is 25.2 Å². The van der Waals surface area contributed by atoms with Crippen LogP contribution < -0.4 is 0 Å². The van der Waals surface area contributed by atoms with Gasteiger partial charge in [-0.3, -0.25) is 4.79 Å². The molecular weight excluding hydrogens is 259 g/mol. The normalized spacial score (nSPS) is 13.7. The standard InChI is InChI=1S/C12H13FO6/c1-19-12(18)6-2-3-7(8(13)4-6)11(17)9(14)5-10(15)16/h2-4,9,11,14,17H,5H2,1H3,(H,15,16). The number of hydrogen-bond acceptors (Lipinski definition) is 5. The highest BCUT2D eigenvalue weighted by molar-refractivity contribution is 5.89. The van der Waals surface area contributed by atoms with Gasteiger partial charge in [-0.15, -0.1) is 0 Å². The first-order valence-electron chi connectivity index (χ1n) is 5.32. The zero-order valence-corrected chi connectivity index (χ0v) is 10.0. The Bertz CT molecular complexity index is 487. The third-order valence-electron chi connectivity index (χ3n) is 2.49. The minimum atomic E-state index is -1.69. The van der Waals surface area contributed by atoms with Crippen LogP contribution in [0.4, 0.5) is 4.39 Å². The summed E-state index contributed by atoms with van der Waals surface area (Å²) in [4.78, 5) is 21.5. The van der Waals surface area contributed by atoms with Crippen molar-refractivity contribution in [3.63, 3.8) is 0 Å². The molecule has 0 amide bonds. The Morgan fingerprint density at radius 1 is 1.37 bits per heavy atom. The van der Waals surface area contributed by atoms with Crippen LogP contribution in [0.2, 0.25) is 0 Å². The van der Waals surface area contributed by atoms with Crippen LogP contribution in [0.25, 0.3) is 0 Å².